The summed E-state index contributed by atoms with van der Waals surface area (Å²) in [6.07, 6.45) is 1.85. The molecule has 11 heteroatoms. The number of methoxy groups -OCH3 is 1. The van der Waals surface area contributed by atoms with E-state index < -0.39 is 5.09 Å². The molecule has 0 unspecified atom stereocenters. The second kappa shape index (κ2) is 12.3. The second-order valence-electron chi connectivity index (χ2n) is 5.46. The molecule has 0 atom stereocenters. The summed E-state index contributed by atoms with van der Waals surface area (Å²) in [6, 6.07) is 8.12. The van der Waals surface area contributed by atoms with E-state index in [1.54, 1.807) is 7.11 Å². The Balaban J connectivity index is 0.00000103. The van der Waals surface area contributed by atoms with Crippen molar-refractivity contribution in [3.8, 4) is 5.75 Å². The van der Waals surface area contributed by atoms with Gasteiger partial charge in [-0.15, -0.1) is 24.8 Å². The van der Waals surface area contributed by atoms with Gasteiger partial charge in [-0.25, -0.2) is 0 Å². The Labute approximate surface area is 169 Å². The Morgan fingerprint density at radius 3 is 2.37 bits per heavy atom. The van der Waals surface area contributed by atoms with Crippen LogP contribution >= 0.6 is 24.8 Å². The maximum atomic E-state index is 9.02. The topological polar surface area (TPSA) is 115 Å². The number of nitrogens with zero attached hydrogens (tertiary/aromatic N) is 4. The molecular weight excluding hydrogens is 399 g/mol. The van der Waals surface area contributed by atoms with Gasteiger partial charge in [0.05, 0.1) is 18.8 Å². The largest absolute Gasteiger partial charge is 0.494 e. The number of ether oxygens (including phenoxy) is 1. The highest BCUT2D eigenvalue weighted by Crippen LogP contribution is 2.31. The van der Waals surface area contributed by atoms with Crippen LogP contribution in [0.5, 0.6) is 5.75 Å². The Morgan fingerprint density at radius 2 is 1.81 bits per heavy atom. The van der Waals surface area contributed by atoms with E-state index in [2.05, 4.69) is 26.9 Å². The molecule has 152 valence electrons. The minimum atomic E-state index is -1.75. The maximum Gasteiger partial charge on any atom is 0.145 e. The molecule has 1 N–H and O–H groups in total. The number of rotatable bonds is 4. The van der Waals surface area contributed by atoms with Gasteiger partial charge in [0.1, 0.15) is 11.3 Å². The molecule has 1 fully saturated rings. The lowest BCUT2D eigenvalue weighted by Crippen LogP contribution is -2.47. The molecule has 1 aromatic heterocycles. The van der Waals surface area contributed by atoms with Gasteiger partial charge in [0, 0.05) is 50.0 Å². The van der Waals surface area contributed by atoms with Crippen LogP contribution in [0, 0.1) is 15.3 Å². The number of anilines is 1. The summed E-state index contributed by atoms with van der Waals surface area (Å²) in [5.41, 5.74) is 2.12. The standard InChI is InChI=1S/C16H21N3O2.2ClH.NO3/c1-21-15-4-2-3-13-14(5-6-17-16(13)15)19-9-7-18(8-10-19)11-12-20;;;2-1(3)4/h2-6,20H,7-12H2,1H3;2*1H;/q;;;-1. The van der Waals surface area contributed by atoms with Crippen LogP contribution in [-0.4, -0.2) is 66.5 Å². The third-order valence-corrected chi connectivity index (χ3v) is 4.06. The van der Waals surface area contributed by atoms with Crippen molar-refractivity contribution in [2.45, 2.75) is 0 Å². The molecule has 1 aliphatic rings. The number of aromatic nitrogens is 1. The summed E-state index contributed by atoms with van der Waals surface area (Å²) < 4.78 is 5.40. The van der Waals surface area contributed by atoms with E-state index in [0.29, 0.717) is 0 Å². The van der Waals surface area contributed by atoms with Crippen LogP contribution in [0.4, 0.5) is 5.69 Å². The molecule has 2 aromatic rings. The molecule has 1 saturated heterocycles. The van der Waals surface area contributed by atoms with Gasteiger partial charge in [0.25, 0.3) is 0 Å². The van der Waals surface area contributed by atoms with Gasteiger partial charge >= 0.3 is 0 Å². The third kappa shape index (κ3) is 6.87. The molecule has 3 rings (SSSR count). The predicted molar refractivity (Wildman–Crippen MR) is 109 cm³/mol. The second-order valence-corrected chi connectivity index (χ2v) is 5.46. The number of pyridine rings is 1. The van der Waals surface area contributed by atoms with Crippen LogP contribution in [0.3, 0.4) is 0 Å². The van der Waals surface area contributed by atoms with Crippen LogP contribution in [0.15, 0.2) is 30.5 Å². The molecule has 0 radical (unpaired) electrons. The van der Waals surface area contributed by atoms with E-state index in [1.165, 1.54) is 5.69 Å². The van der Waals surface area contributed by atoms with Gasteiger partial charge < -0.3 is 30.1 Å². The fourth-order valence-electron chi connectivity index (χ4n) is 2.93. The van der Waals surface area contributed by atoms with Crippen LogP contribution in [0.2, 0.25) is 0 Å². The maximum absolute atomic E-state index is 9.02. The smallest absolute Gasteiger partial charge is 0.145 e. The van der Waals surface area contributed by atoms with Crippen molar-refractivity contribution >= 4 is 41.4 Å². The highest BCUT2D eigenvalue weighted by Gasteiger charge is 2.19. The van der Waals surface area contributed by atoms with Crippen molar-refractivity contribution in [2.24, 2.45) is 0 Å². The summed E-state index contributed by atoms with van der Waals surface area (Å²) in [7, 11) is 1.68. The molecule has 27 heavy (non-hydrogen) atoms. The summed E-state index contributed by atoms with van der Waals surface area (Å²) in [6.45, 7) is 4.89. The van der Waals surface area contributed by atoms with Gasteiger partial charge in [-0.3, -0.25) is 9.88 Å². The zero-order chi connectivity index (χ0) is 18.2. The molecule has 0 aliphatic carbocycles. The quantitative estimate of drug-likeness (QED) is 0.588. The Morgan fingerprint density at radius 1 is 1.19 bits per heavy atom. The zero-order valence-corrected chi connectivity index (χ0v) is 16.4. The van der Waals surface area contributed by atoms with E-state index in [1.807, 2.05) is 18.3 Å². The molecule has 0 spiro atoms. The van der Waals surface area contributed by atoms with Crippen LogP contribution in [0.1, 0.15) is 0 Å². The number of halogens is 2. The number of fused-ring (bicyclic) bond motifs is 1. The van der Waals surface area contributed by atoms with Crippen molar-refractivity contribution in [3.05, 3.63) is 45.8 Å². The first kappa shape index (κ1) is 24.9. The average molecular weight is 422 g/mol. The molecular formula is C16H23Cl2N4O5-. The lowest BCUT2D eigenvalue weighted by Gasteiger charge is -2.36. The number of aliphatic hydroxyl groups is 1. The lowest BCUT2D eigenvalue weighted by atomic mass is 10.1. The third-order valence-electron chi connectivity index (χ3n) is 4.06. The average Bonchev–Trinajstić information content (AvgIpc) is 2.61. The lowest BCUT2D eigenvalue weighted by molar-refractivity contribution is -0.402. The van der Waals surface area contributed by atoms with E-state index in [-0.39, 0.29) is 31.4 Å². The van der Waals surface area contributed by atoms with Crippen molar-refractivity contribution in [1.82, 2.24) is 9.88 Å². The molecule has 1 aliphatic heterocycles. The van der Waals surface area contributed by atoms with Crippen molar-refractivity contribution in [1.29, 1.82) is 0 Å². The van der Waals surface area contributed by atoms with Crippen LogP contribution in [0.25, 0.3) is 10.9 Å². The fourth-order valence-corrected chi connectivity index (χ4v) is 2.93. The van der Waals surface area contributed by atoms with E-state index in [4.69, 9.17) is 25.2 Å². The normalized spacial score (nSPS) is 13.6. The highest BCUT2D eigenvalue weighted by molar-refractivity contribution is 5.95. The molecule has 2 heterocycles. The molecule has 9 nitrogen and oxygen atoms in total. The van der Waals surface area contributed by atoms with Gasteiger partial charge in [-0.1, -0.05) is 12.1 Å². The zero-order valence-electron chi connectivity index (χ0n) is 14.8. The SMILES string of the molecule is COc1cccc2c(N3CCN(CCO)CC3)ccnc12.Cl.Cl.O=[N+]([O-])[O-]. The van der Waals surface area contributed by atoms with E-state index in [9.17, 15) is 0 Å². The summed E-state index contributed by atoms with van der Waals surface area (Å²) >= 11 is 0. The predicted octanol–water partition coefficient (Wildman–Crippen LogP) is 1.96. The Hall–Kier alpha value is -2.07. The minimum Gasteiger partial charge on any atom is -0.494 e. The molecule has 1 aromatic carbocycles. The van der Waals surface area contributed by atoms with Crippen LogP contribution in [-0.2, 0) is 0 Å². The number of hydrogen-bond donors (Lipinski definition) is 1. The number of piperazine rings is 1. The number of benzene rings is 1. The number of β-amino-alcohol motifs (C(OH)–C–C–N with tert-alkyl or cyclic N) is 1. The highest BCUT2D eigenvalue weighted by atomic mass is 35.5. The van der Waals surface area contributed by atoms with Crippen molar-refractivity contribution in [3.63, 3.8) is 0 Å². The summed E-state index contributed by atoms with van der Waals surface area (Å²) in [5, 5.41) is 24.9. The number of hydrogen-bond acceptors (Lipinski definition) is 8. The van der Waals surface area contributed by atoms with Crippen molar-refractivity contribution in [2.75, 3.05) is 51.3 Å². The number of para-hydroxylation sites is 1. The van der Waals surface area contributed by atoms with Gasteiger partial charge in [0.15, 0.2) is 0 Å². The summed E-state index contributed by atoms with van der Waals surface area (Å²) in [4.78, 5) is 17.4. The molecule has 0 saturated carbocycles. The van der Waals surface area contributed by atoms with Gasteiger partial charge in [0.2, 0.25) is 0 Å². The van der Waals surface area contributed by atoms with E-state index in [0.717, 1.165) is 49.4 Å². The first-order chi connectivity index (χ1) is 12.1. The number of aliphatic hydroxyl groups excluding tert-OH is 1. The fraction of sp³-hybridized carbons (Fsp3) is 0.438. The summed E-state index contributed by atoms with van der Waals surface area (Å²) in [5.74, 6) is 0.813. The first-order valence-electron chi connectivity index (χ1n) is 7.88. The molecule has 0 amide bonds. The van der Waals surface area contributed by atoms with Crippen molar-refractivity contribution < 1.29 is 14.9 Å². The Bertz CT molecular complexity index is 710. The van der Waals surface area contributed by atoms with E-state index >= 15 is 0 Å². The first-order valence-corrected chi connectivity index (χ1v) is 7.88. The minimum absolute atomic E-state index is 0. The van der Waals surface area contributed by atoms with Gasteiger partial charge in [-0.2, -0.15) is 0 Å². The monoisotopic (exact) mass is 421 g/mol. The Kier molecular flexibility index (Phi) is 11.4. The van der Waals surface area contributed by atoms with Gasteiger partial charge in [-0.05, 0) is 12.1 Å². The van der Waals surface area contributed by atoms with Crippen LogP contribution < -0.4 is 9.64 Å². The molecule has 0 bridgehead atoms.